The topological polar surface area (TPSA) is 103 Å². The molecule has 0 aliphatic rings. The molecule has 2 aromatic heterocycles. The van der Waals surface area contributed by atoms with Crippen LogP contribution < -0.4 is 10.5 Å². The van der Waals surface area contributed by atoms with Gasteiger partial charge in [0.15, 0.2) is 0 Å². The molecule has 0 spiro atoms. The van der Waals surface area contributed by atoms with E-state index in [1.807, 2.05) is 31.2 Å². The molecule has 3 rings (SSSR count). The van der Waals surface area contributed by atoms with E-state index in [4.69, 9.17) is 5.14 Å². The number of aryl methyl sites for hydroxylation is 1. The third-order valence-electron chi connectivity index (χ3n) is 3.54. The average Bonchev–Trinajstić information content (AvgIpc) is 2.89. The maximum Gasteiger partial charge on any atom is 0.241 e. The fraction of sp³-hybridized carbons (Fsp3) is 0.200. The van der Waals surface area contributed by atoms with E-state index in [-0.39, 0.29) is 10.7 Å². The van der Waals surface area contributed by atoms with Gasteiger partial charge in [0.25, 0.3) is 0 Å². The molecule has 0 aliphatic carbocycles. The van der Waals surface area contributed by atoms with Crippen molar-refractivity contribution in [2.45, 2.75) is 24.9 Å². The summed E-state index contributed by atoms with van der Waals surface area (Å²) in [5.41, 5.74) is 1.94. The first kappa shape index (κ1) is 15.4. The monoisotopic (exact) mass is 331 g/mol. The lowest BCUT2D eigenvalue weighted by Gasteiger charge is -2.10. The minimum Gasteiger partial charge on any atom is -0.362 e. The Balaban J connectivity index is 1.93. The third-order valence-corrected chi connectivity index (χ3v) is 4.48. The molecule has 0 amide bonds. The number of imidazole rings is 1. The second-order valence-corrected chi connectivity index (χ2v) is 6.54. The molecule has 0 saturated carbocycles. The first-order chi connectivity index (χ1) is 11.0. The number of anilines is 1. The van der Waals surface area contributed by atoms with Crippen molar-refractivity contribution >= 4 is 26.9 Å². The number of fused-ring (bicyclic) bond motifs is 1. The molecule has 0 bridgehead atoms. The van der Waals surface area contributed by atoms with Crippen LogP contribution in [0.3, 0.4) is 0 Å². The summed E-state index contributed by atoms with van der Waals surface area (Å²) in [5.74, 6) is 1.03. The first-order valence-electron chi connectivity index (χ1n) is 7.16. The number of nitrogens with two attached hydrogens (primary N) is 1. The number of nitrogens with one attached hydrogen (secondary N) is 1. The normalized spacial score (nSPS) is 11.7. The van der Waals surface area contributed by atoms with Crippen LogP contribution in [0.2, 0.25) is 0 Å². The third kappa shape index (κ3) is 3.03. The van der Waals surface area contributed by atoms with Gasteiger partial charge in [-0.25, -0.2) is 23.5 Å². The van der Waals surface area contributed by atoms with Crippen molar-refractivity contribution in [2.24, 2.45) is 5.14 Å². The lowest BCUT2D eigenvalue weighted by molar-refractivity contribution is 0.597. The highest BCUT2D eigenvalue weighted by Crippen LogP contribution is 2.19. The van der Waals surface area contributed by atoms with Crippen LogP contribution in [0, 0.1) is 0 Å². The van der Waals surface area contributed by atoms with E-state index in [1.54, 1.807) is 0 Å². The number of rotatable bonds is 5. The van der Waals surface area contributed by atoms with Gasteiger partial charge in [-0.1, -0.05) is 12.1 Å². The van der Waals surface area contributed by atoms with Crippen LogP contribution in [0.15, 0.2) is 47.5 Å². The molecule has 0 atom stereocenters. The molecule has 0 aliphatic heterocycles. The van der Waals surface area contributed by atoms with Crippen molar-refractivity contribution < 1.29 is 8.42 Å². The van der Waals surface area contributed by atoms with E-state index in [2.05, 4.69) is 19.9 Å². The summed E-state index contributed by atoms with van der Waals surface area (Å²) in [5, 5.41) is 8.23. The molecular weight excluding hydrogens is 314 g/mol. The van der Waals surface area contributed by atoms with E-state index in [0.29, 0.717) is 6.54 Å². The highest BCUT2D eigenvalue weighted by atomic mass is 32.2. The van der Waals surface area contributed by atoms with Gasteiger partial charge in [-0.3, -0.25) is 0 Å². The molecule has 8 heteroatoms. The van der Waals surface area contributed by atoms with Crippen molar-refractivity contribution in [3.63, 3.8) is 0 Å². The van der Waals surface area contributed by atoms with Gasteiger partial charge in [0.2, 0.25) is 10.0 Å². The number of sulfonamides is 1. The molecule has 1 aromatic carbocycles. The van der Waals surface area contributed by atoms with Crippen LogP contribution in [0.1, 0.15) is 12.7 Å². The summed E-state index contributed by atoms with van der Waals surface area (Å²) in [6.45, 7) is 3.15. The number of para-hydroxylation sites is 2. The van der Waals surface area contributed by atoms with Crippen molar-refractivity contribution in [2.75, 3.05) is 5.32 Å². The SMILES string of the molecule is CCn1c(CNc2ncccc2S(N)(=O)=O)nc2ccccc21. The highest BCUT2D eigenvalue weighted by molar-refractivity contribution is 7.89. The largest absolute Gasteiger partial charge is 0.362 e. The summed E-state index contributed by atoms with van der Waals surface area (Å²) in [6.07, 6.45) is 1.51. The fourth-order valence-electron chi connectivity index (χ4n) is 2.53. The van der Waals surface area contributed by atoms with Crippen LogP contribution in [0.4, 0.5) is 5.82 Å². The second-order valence-electron chi connectivity index (χ2n) is 5.01. The summed E-state index contributed by atoms with van der Waals surface area (Å²) in [6, 6.07) is 10.8. The van der Waals surface area contributed by atoms with Crippen molar-refractivity contribution in [3.8, 4) is 0 Å². The molecule has 3 N–H and O–H groups in total. The zero-order chi connectivity index (χ0) is 16.4. The highest BCUT2D eigenvalue weighted by Gasteiger charge is 2.15. The predicted octanol–water partition coefficient (Wildman–Crippen LogP) is 1.71. The lowest BCUT2D eigenvalue weighted by Crippen LogP contribution is -2.16. The number of aromatic nitrogens is 3. The maximum atomic E-state index is 11.6. The molecule has 0 fully saturated rings. The van der Waals surface area contributed by atoms with Crippen LogP contribution >= 0.6 is 0 Å². The Morgan fingerprint density at radius 3 is 2.74 bits per heavy atom. The number of hydrogen-bond donors (Lipinski definition) is 2. The number of nitrogens with zero attached hydrogens (tertiary/aromatic N) is 3. The number of pyridine rings is 1. The number of benzene rings is 1. The van der Waals surface area contributed by atoms with Gasteiger partial charge in [-0.15, -0.1) is 0 Å². The smallest absolute Gasteiger partial charge is 0.241 e. The zero-order valence-corrected chi connectivity index (χ0v) is 13.4. The predicted molar refractivity (Wildman–Crippen MR) is 88.3 cm³/mol. The standard InChI is InChI=1S/C15H17N5O2S/c1-2-20-12-7-4-3-6-11(12)19-14(20)10-18-15-13(23(16,21)22)8-5-9-17-15/h3-9H,2,10H2,1H3,(H,17,18)(H2,16,21,22). The van der Waals surface area contributed by atoms with Crippen LogP contribution in [-0.2, 0) is 23.1 Å². The Morgan fingerprint density at radius 1 is 1.22 bits per heavy atom. The van der Waals surface area contributed by atoms with E-state index in [9.17, 15) is 8.42 Å². The van der Waals surface area contributed by atoms with Crippen LogP contribution in [0.25, 0.3) is 11.0 Å². The number of primary sulfonamides is 1. The quantitative estimate of drug-likeness (QED) is 0.741. The van der Waals surface area contributed by atoms with Crippen LogP contribution in [0.5, 0.6) is 0 Å². The number of hydrogen-bond acceptors (Lipinski definition) is 5. The van der Waals surface area contributed by atoms with Crippen molar-refractivity contribution in [1.29, 1.82) is 0 Å². The maximum absolute atomic E-state index is 11.6. The first-order valence-corrected chi connectivity index (χ1v) is 8.71. The molecule has 2 heterocycles. The van der Waals surface area contributed by atoms with Gasteiger partial charge in [-0.2, -0.15) is 0 Å². The lowest BCUT2D eigenvalue weighted by atomic mass is 10.3. The van der Waals surface area contributed by atoms with E-state index in [1.165, 1.54) is 18.3 Å². The summed E-state index contributed by atoms with van der Waals surface area (Å²) >= 11 is 0. The minimum absolute atomic E-state index is 0.0286. The van der Waals surface area contributed by atoms with E-state index >= 15 is 0 Å². The van der Waals surface area contributed by atoms with Crippen LogP contribution in [-0.4, -0.2) is 23.0 Å². The summed E-state index contributed by atoms with van der Waals surface area (Å²) < 4.78 is 25.3. The average molecular weight is 331 g/mol. The molecule has 0 saturated heterocycles. The van der Waals surface area contributed by atoms with E-state index < -0.39 is 10.0 Å². The minimum atomic E-state index is -3.83. The molecule has 0 unspecified atom stereocenters. The van der Waals surface area contributed by atoms with Gasteiger partial charge >= 0.3 is 0 Å². The molecule has 0 radical (unpaired) electrons. The molecule has 23 heavy (non-hydrogen) atoms. The van der Waals surface area contributed by atoms with Gasteiger partial charge in [0, 0.05) is 12.7 Å². The molecule has 120 valence electrons. The van der Waals surface area contributed by atoms with Gasteiger partial charge < -0.3 is 9.88 Å². The van der Waals surface area contributed by atoms with Gasteiger partial charge in [0.05, 0.1) is 17.6 Å². The molecule has 7 nitrogen and oxygen atoms in total. The zero-order valence-electron chi connectivity index (χ0n) is 12.6. The Bertz CT molecular complexity index is 949. The summed E-state index contributed by atoms with van der Waals surface area (Å²) in [7, 11) is -3.83. The Hall–Kier alpha value is -2.45. The Morgan fingerprint density at radius 2 is 2.00 bits per heavy atom. The molecular formula is C15H17N5O2S. The van der Waals surface area contributed by atoms with E-state index in [0.717, 1.165) is 23.4 Å². The van der Waals surface area contributed by atoms with Gasteiger partial charge in [-0.05, 0) is 31.2 Å². The Kier molecular flexibility index (Phi) is 4.01. The fourth-order valence-corrected chi connectivity index (χ4v) is 3.19. The Labute approximate surface area is 134 Å². The second kappa shape index (κ2) is 5.98. The van der Waals surface area contributed by atoms with Crippen molar-refractivity contribution in [1.82, 2.24) is 14.5 Å². The summed E-state index contributed by atoms with van der Waals surface area (Å²) in [4.78, 5) is 8.62. The molecule has 3 aromatic rings. The van der Waals surface area contributed by atoms with Gasteiger partial charge in [0.1, 0.15) is 16.5 Å². The van der Waals surface area contributed by atoms with Crippen molar-refractivity contribution in [3.05, 3.63) is 48.4 Å².